The Labute approximate surface area is 144 Å². The van der Waals surface area contributed by atoms with Crippen LogP contribution >= 0.6 is 0 Å². The predicted molar refractivity (Wildman–Crippen MR) is 95.1 cm³/mol. The van der Waals surface area contributed by atoms with Crippen LogP contribution in [0.2, 0.25) is 0 Å². The monoisotopic (exact) mass is 334 g/mol. The lowest BCUT2D eigenvalue weighted by Crippen LogP contribution is -2.56. The Balaban J connectivity index is 2.01. The van der Waals surface area contributed by atoms with Crippen LogP contribution in [0.3, 0.4) is 0 Å². The second-order valence-electron chi connectivity index (χ2n) is 7.25. The van der Waals surface area contributed by atoms with Crippen molar-refractivity contribution in [2.24, 2.45) is 5.73 Å². The van der Waals surface area contributed by atoms with Gasteiger partial charge in [-0.25, -0.2) is 0 Å². The van der Waals surface area contributed by atoms with Gasteiger partial charge in [-0.3, -0.25) is 4.79 Å². The quantitative estimate of drug-likeness (QED) is 0.637. The number of phenols is 1. The van der Waals surface area contributed by atoms with Gasteiger partial charge in [0.05, 0.1) is 6.10 Å². The molecule has 1 aromatic carbocycles. The van der Waals surface area contributed by atoms with Gasteiger partial charge < -0.3 is 20.9 Å². The van der Waals surface area contributed by atoms with Crippen molar-refractivity contribution in [1.29, 1.82) is 0 Å². The molecule has 1 aliphatic carbocycles. The van der Waals surface area contributed by atoms with Crippen molar-refractivity contribution in [3.63, 3.8) is 0 Å². The van der Waals surface area contributed by atoms with Gasteiger partial charge in [-0.15, -0.1) is 0 Å². The van der Waals surface area contributed by atoms with Crippen LogP contribution in [-0.2, 0) is 21.4 Å². The molecule has 4 N–H and O–H groups in total. The van der Waals surface area contributed by atoms with Crippen LogP contribution in [0.25, 0.3) is 0 Å². The fraction of sp³-hybridized carbons (Fsp3) is 0.632. The molecule has 2 atom stereocenters. The second-order valence-corrected chi connectivity index (χ2v) is 7.25. The van der Waals surface area contributed by atoms with Crippen molar-refractivity contribution in [3.05, 3.63) is 29.3 Å². The smallest absolute Gasteiger partial charge is 0.217 e. The number of aromatic hydroxyl groups is 1. The first-order valence-corrected chi connectivity index (χ1v) is 8.73. The van der Waals surface area contributed by atoms with Crippen LogP contribution in [0.4, 0.5) is 0 Å². The average Bonchev–Trinajstić information content (AvgIpc) is 2.52. The van der Waals surface area contributed by atoms with Crippen molar-refractivity contribution in [2.45, 2.75) is 63.5 Å². The zero-order valence-electron chi connectivity index (χ0n) is 15.0. The van der Waals surface area contributed by atoms with E-state index in [1.165, 1.54) is 11.1 Å². The Kier molecular flexibility index (Phi) is 6.24. The minimum Gasteiger partial charge on any atom is -0.508 e. The molecule has 0 radical (unpaired) electrons. The molecule has 0 heterocycles. The number of fused-ring (bicyclic) bond motifs is 1. The lowest BCUT2D eigenvalue weighted by atomic mass is 9.68. The molecule has 0 bridgehead atoms. The molecule has 2 unspecified atom stereocenters. The van der Waals surface area contributed by atoms with Crippen LogP contribution in [0.5, 0.6) is 5.75 Å². The fourth-order valence-electron chi connectivity index (χ4n) is 3.77. The molecule has 0 fully saturated rings. The molecular weight excluding hydrogens is 304 g/mol. The maximum Gasteiger partial charge on any atom is 0.217 e. The molecule has 0 saturated heterocycles. The Morgan fingerprint density at radius 3 is 2.79 bits per heavy atom. The normalized spacial score (nSPS) is 22.1. The summed E-state index contributed by atoms with van der Waals surface area (Å²) < 4.78 is 5.75. The third kappa shape index (κ3) is 4.28. The number of phenolic OH excluding ortho intramolecular Hbond substituents is 1. The number of rotatable bonds is 8. The molecule has 5 heteroatoms. The number of amides is 1. The van der Waals surface area contributed by atoms with Gasteiger partial charge in [0.1, 0.15) is 5.75 Å². The lowest BCUT2D eigenvalue weighted by molar-refractivity contribution is -0.118. The largest absolute Gasteiger partial charge is 0.508 e. The molecule has 1 aliphatic rings. The Morgan fingerprint density at radius 1 is 1.38 bits per heavy atom. The van der Waals surface area contributed by atoms with E-state index in [-0.39, 0.29) is 23.5 Å². The molecule has 5 nitrogen and oxygen atoms in total. The number of nitrogens with one attached hydrogen (secondary N) is 1. The minimum absolute atomic E-state index is 0.0997. The van der Waals surface area contributed by atoms with Gasteiger partial charge in [-0.2, -0.15) is 0 Å². The van der Waals surface area contributed by atoms with Gasteiger partial charge in [-0.1, -0.05) is 26.3 Å². The first-order valence-electron chi connectivity index (χ1n) is 8.73. The molecule has 0 aliphatic heterocycles. The van der Waals surface area contributed by atoms with E-state index < -0.39 is 0 Å². The number of primary amides is 1. The third-order valence-corrected chi connectivity index (χ3v) is 5.12. The van der Waals surface area contributed by atoms with E-state index in [4.69, 9.17) is 10.5 Å². The van der Waals surface area contributed by atoms with Crippen molar-refractivity contribution in [2.75, 3.05) is 13.7 Å². The third-order valence-electron chi connectivity index (χ3n) is 5.12. The molecule has 1 amide bonds. The lowest BCUT2D eigenvalue weighted by Gasteiger charge is -2.45. The average molecular weight is 334 g/mol. The van der Waals surface area contributed by atoms with Crippen molar-refractivity contribution in [3.8, 4) is 5.75 Å². The highest BCUT2D eigenvalue weighted by atomic mass is 16.5. The minimum atomic E-state index is -0.229. The maximum atomic E-state index is 10.8. The summed E-state index contributed by atoms with van der Waals surface area (Å²) in [6.45, 7) is 5.27. The summed E-state index contributed by atoms with van der Waals surface area (Å²) in [5.74, 6) is 0.0788. The highest BCUT2D eigenvalue weighted by Crippen LogP contribution is 2.39. The number of nitrogens with two attached hydrogens (primary N) is 1. The topological polar surface area (TPSA) is 84.6 Å². The number of benzene rings is 1. The summed E-state index contributed by atoms with van der Waals surface area (Å²) in [6, 6.07) is 5.79. The summed E-state index contributed by atoms with van der Waals surface area (Å²) in [6.07, 6.45) is 4.23. The van der Waals surface area contributed by atoms with E-state index in [9.17, 15) is 9.90 Å². The van der Waals surface area contributed by atoms with Crippen molar-refractivity contribution < 1.29 is 14.6 Å². The van der Waals surface area contributed by atoms with Gasteiger partial charge in [0.15, 0.2) is 0 Å². The van der Waals surface area contributed by atoms with Gasteiger partial charge in [0, 0.05) is 31.4 Å². The van der Waals surface area contributed by atoms with E-state index in [0.717, 1.165) is 32.2 Å². The molecule has 134 valence electrons. The van der Waals surface area contributed by atoms with E-state index in [2.05, 4.69) is 19.2 Å². The van der Waals surface area contributed by atoms with Crippen molar-refractivity contribution in [1.82, 2.24) is 5.32 Å². The summed E-state index contributed by atoms with van der Waals surface area (Å²) in [7, 11) is 1.76. The van der Waals surface area contributed by atoms with Gasteiger partial charge >= 0.3 is 0 Å². The summed E-state index contributed by atoms with van der Waals surface area (Å²) >= 11 is 0. The summed E-state index contributed by atoms with van der Waals surface area (Å²) in [4.78, 5) is 10.8. The first kappa shape index (κ1) is 18.7. The Morgan fingerprint density at radius 2 is 2.12 bits per heavy atom. The Hall–Kier alpha value is -1.59. The molecule has 0 saturated carbocycles. The van der Waals surface area contributed by atoms with E-state index >= 15 is 0 Å². The Bertz CT molecular complexity index is 572. The summed E-state index contributed by atoms with van der Waals surface area (Å²) in [5.41, 5.74) is 7.45. The van der Waals surface area contributed by atoms with Gasteiger partial charge in [0.2, 0.25) is 5.91 Å². The molecule has 1 aromatic rings. The number of methoxy groups -OCH3 is 1. The van der Waals surface area contributed by atoms with E-state index in [0.29, 0.717) is 12.2 Å². The highest BCUT2D eigenvalue weighted by molar-refractivity contribution is 5.73. The number of carbonyl (C=O) groups is 1. The fourth-order valence-corrected chi connectivity index (χ4v) is 3.77. The van der Waals surface area contributed by atoms with E-state index in [1.807, 2.05) is 12.1 Å². The standard InChI is InChI=1S/C19H30N2O3/c1-19(2)15-12-14(22)9-8-13(15)11-16(24-3)18(19)21-10-6-4-5-7-17(20)23/h8-9,12,16,18,21-22H,4-7,10-11H2,1-3H3,(H2,20,23). The molecule has 24 heavy (non-hydrogen) atoms. The van der Waals surface area contributed by atoms with E-state index in [1.54, 1.807) is 13.2 Å². The number of hydrogen-bond donors (Lipinski definition) is 3. The van der Waals surface area contributed by atoms with Gasteiger partial charge in [0.25, 0.3) is 0 Å². The van der Waals surface area contributed by atoms with Gasteiger partial charge in [-0.05, 0) is 42.6 Å². The maximum absolute atomic E-state index is 10.8. The highest BCUT2D eigenvalue weighted by Gasteiger charge is 2.42. The zero-order valence-corrected chi connectivity index (χ0v) is 15.0. The second kappa shape index (κ2) is 7.99. The van der Waals surface area contributed by atoms with Crippen LogP contribution in [0, 0.1) is 0 Å². The first-order chi connectivity index (χ1) is 11.4. The van der Waals surface area contributed by atoms with Crippen LogP contribution < -0.4 is 11.1 Å². The van der Waals surface area contributed by atoms with Crippen LogP contribution in [0.15, 0.2) is 18.2 Å². The molecule has 2 rings (SSSR count). The number of carbonyl (C=O) groups excluding carboxylic acids is 1. The summed E-state index contributed by atoms with van der Waals surface area (Å²) in [5, 5.41) is 13.5. The molecule has 0 spiro atoms. The van der Waals surface area contributed by atoms with Crippen LogP contribution in [0.1, 0.15) is 50.7 Å². The van der Waals surface area contributed by atoms with Crippen LogP contribution in [-0.4, -0.2) is 36.8 Å². The molecule has 0 aromatic heterocycles. The molecular formula is C19H30N2O3. The zero-order chi connectivity index (χ0) is 17.7. The number of ether oxygens (including phenoxy) is 1. The SMILES string of the molecule is COC1Cc2ccc(O)cc2C(C)(C)C1NCCCCCC(N)=O. The number of hydrogen-bond acceptors (Lipinski definition) is 4. The van der Waals surface area contributed by atoms with Crippen molar-refractivity contribution >= 4 is 5.91 Å². The number of unbranched alkanes of at least 4 members (excludes halogenated alkanes) is 2. The predicted octanol–water partition coefficient (Wildman–Crippen LogP) is 2.24.